The fourth-order valence-electron chi connectivity index (χ4n) is 3.39. The standard InChI is InChI=1S/C18H20O3/c1-9-8-12-4-5-13-10(2)15(20)7-6-14(13)17(12)16(11(3)19)18(9)21/h6-8,11,19-21H,4-5H2,1-3H3. The van der Waals surface area contributed by atoms with E-state index in [1.807, 2.05) is 26.0 Å². The van der Waals surface area contributed by atoms with Crippen molar-refractivity contribution < 1.29 is 15.3 Å². The van der Waals surface area contributed by atoms with Crippen molar-refractivity contribution in [3.63, 3.8) is 0 Å². The van der Waals surface area contributed by atoms with Crippen LogP contribution in [0.4, 0.5) is 0 Å². The molecule has 110 valence electrons. The molecule has 0 amide bonds. The van der Waals surface area contributed by atoms with Crippen LogP contribution in [0.3, 0.4) is 0 Å². The van der Waals surface area contributed by atoms with Crippen molar-refractivity contribution in [3.05, 3.63) is 46.0 Å². The number of aryl methyl sites for hydroxylation is 2. The van der Waals surface area contributed by atoms with Crippen LogP contribution in [0, 0.1) is 13.8 Å². The summed E-state index contributed by atoms with van der Waals surface area (Å²) in [6.45, 7) is 5.45. The van der Waals surface area contributed by atoms with Gasteiger partial charge in [0.25, 0.3) is 0 Å². The zero-order valence-corrected chi connectivity index (χ0v) is 12.6. The Labute approximate surface area is 124 Å². The fourth-order valence-corrected chi connectivity index (χ4v) is 3.39. The molecular formula is C18H20O3. The van der Waals surface area contributed by atoms with E-state index in [2.05, 4.69) is 0 Å². The highest BCUT2D eigenvalue weighted by Gasteiger charge is 2.26. The zero-order valence-electron chi connectivity index (χ0n) is 12.6. The first-order chi connectivity index (χ1) is 9.91. The number of benzene rings is 2. The van der Waals surface area contributed by atoms with Crippen molar-refractivity contribution in [2.24, 2.45) is 0 Å². The summed E-state index contributed by atoms with van der Waals surface area (Å²) >= 11 is 0. The third-order valence-electron chi connectivity index (χ3n) is 4.51. The number of aromatic hydroxyl groups is 2. The van der Waals surface area contributed by atoms with E-state index in [1.54, 1.807) is 13.0 Å². The molecule has 2 aromatic rings. The number of rotatable bonds is 1. The van der Waals surface area contributed by atoms with Crippen molar-refractivity contribution in [2.75, 3.05) is 0 Å². The molecule has 0 bridgehead atoms. The lowest BCUT2D eigenvalue weighted by Crippen LogP contribution is -2.10. The van der Waals surface area contributed by atoms with E-state index >= 15 is 0 Å². The van der Waals surface area contributed by atoms with Crippen LogP contribution in [-0.2, 0) is 12.8 Å². The van der Waals surface area contributed by atoms with E-state index < -0.39 is 6.10 Å². The topological polar surface area (TPSA) is 60.7 Å². The maximum atomic E-state index is 10.4. The summed E-state index contributed by atoms with van der Waals surface area (Å²) in [5, 5.41) is 30.4. The number of aliphatic hydroxyl groups is 1. The quantitative estimate of drug-likeness (QED) is 0.750. The van der Waals surface area contributed by atoms with Crippen LogP contribution >= 0.6 is 0 Å². The number of aliphatic hydroxyl groups excluding tert-OH is 1. The summed E-state index contributed by atoms with van der Waals surface area (Å²) in [5.74, 6) is 0.467. The van der Waals surface area contributed by atoms with Gasteiger partial charge in [-0.2, -0.15) is 0 Å². The Morgan fingerprint density at radius 3 is 2.48 bits per heavy atom. The molecule has 0 saturated carbocycles. The molecule has 3 nitrogen and oxygen atoms in total. The average molecular weight is 284 g/mol. The lowest BCUT2D eigenvalue weighted by atomic mass is 9.79. The van der Waals surface area contributed by atoms with Gasteiger partial charge in [-0.05, 0) is 73.1 Å². The van der Waals surface area contributed by atoms with E-state index in [9.17, 15) is 15.3 Å². The molecule has 0 fully saturated rings. The van der Waals surface area contributed by atoms with E-state index in [1.165, 1.54) is 0 Å². The summed E-state index contributed by atoms with van der Waals surface area (Å²) in [5.41, 5.74) is 6.47. The van der Waals surface area contributed by atoms with Gasteiger partial charge in [-0.1, -0.05) is 12.1 Å². The Kier molecular flexibility index (Phi) is 3.18. The molecule has 0 radical (unpaired) electrons. The highest BCUT2D eigenvalue weighted by molar-refractivity contribution is 5.81. The van der Waals surface area contributed by atoms with E-state index in [4.69, 9.17) is 0 Å². The molecule has 0 heterocycles. The predicted molar refractivity (Wildman–Crippen MR) is 82.7 cm³/mol. The normalized spacial score (nSPS) is 14.5. The largest absolute Gasteiger partial charge is 0.508 e. The molecule has 0 aromatic heterocycles. The Hall–Kier alpha value is -2.00. The zero-order chi connectivity index (χ0) is 15.3. The van der Waals surface area contributed by atoms with Crippen molar-refractivity contribution >= 4 is 0 Å². The third kappa shape index (κ3) is 2.00. The van der Waals surface area contributed by atoms with Gasteiger partial charge in [0, 0.05) is 5.56 Å². The van der Waals surface area contributed by atoms with Crippen molar-refractivity contribution in [1.82, 2.24) is 0 Å². The van der Waals surface area contributed by atoms with Crippen LogP contribution in [0.15, 0.2) is 18.2 Å². The number of phenols is 2. The minimum atomic E-state index is -0.737. The molecule has 0 spiro atoms. The first-order valence-electron chi connectivity index (χ1n) is 7.27. The van der Waals surface area contributed by atoms with Gasteiger partial charge in [0.05, 0.1) is 6.10 Å². The van der Waals surface area contributed by atoms with Gasteiger partial charge in [-0.15, -0.1) is 0 Å². The SMILES string of the molecule is Cc1cc2c(c(C(C)O)c1O)-c1ccc(O)c(C)c1CC2. The molecule has 1 aliphatic carbocycles. The van der Waals surface area contributed by atoms with Crippen LogP contribution in [0.5, 0.6) is 11.5 Å². The van der Waals surface area contributed by atoms with Crippen LogP contribution in [0.1, 0.15) is 40.8 Å². The first-order valence-corrected chi connectivity index (χ1v) is 7.27. The maximum absolute atomic E-state index is 10.4. The number of fused-ring (bicyclic) bond motifs is 3. The second kappa shape index (κ2) is 4.78. The van der Waals surface area contributed by atoms with E-state index in [0.717, 1.165) is 46.2 Å². The summed E-state index contributed by atoms with van der Waals surface area (Å²) in [6.07, 6.45) is 0.984. The van der Waals surface area contributed by atoms with Gasteiger partial charge in [0.15, 0.2) is 0 Å². The molecule has 21 heavy (non-hydrogen) atoms. The van der Waals surface area contributed by atoms with Crippen molar-refractivity contribution in [1.29, 1.82) is 0 Å². The van der Waals surface area contributed by atoms with E-state index in [-0.39, 0.29) is 5.75 Å². The minimum absolute atomic E-state index is 0.169. The molecule has 0 saturated heterocycles. The molecule has 3 heteroatoms. The molecule has 2 aromatic carbocycles. The van der Waals surface area contributed by atoms with Gasteiger partial charge in [-0.3, -0.25) is 0 Å². The average Bonchev–Trinajstić information content (AvgIpc) is 2.43. The summed E-state index contributed by atoms with van der Waals surface area (Å²) in [4.78, 5) is 0. The van der Waals surface area contributed by atoms with Gasteiger partial charge in [0.2, 0.25) is 0 Å². The Balaban J connectivity index is 2.39. The van der Waals surface area contributed by atoms with Gasteiger partial charge < -0.3 is 15.3 Å². The highest BCUT2D eigenvalue weighted by Crippen LogP contribution is 2.45. The molecule has 1 atom stereocenters. The summed E-state index contributed by atoms with van der Waals surface area (Å²) < 4.78 is 0. The smallest absolute Gasteiger partial charge is 0.124 e. The molecule has 3 rings (SSSR count). The minimum Gasteiger partial charge on any atom is -0.508 e. The summed E-state index contributed by atoms with van der Waals surface area (Å²) in [7, 11) is 0. The molecule has 3 N–H and O–H groups in total. The van der Waals surface area contributed by atoms with Gasteiger partial charge >= 0.3 is 0 Å². The third-order valence-corrected chi connectivity index (χ3v) is 4.51. The highest BCUT2D eigenvalue weighted by atomic mass is 16.3. The number of phenolic OH excluding ortho intramolecular Hbond substituents is 2. The van der Waals surface area contributed by atoms with Gasteiger partial charge in [0.1, 0.15) is 11.5 Å². The van der Waals surface area contributed by atoms with E-state index in [0.29, 0.717) is 11.3 Å². The second-order valence-corrected chi connectivity index (χ2v) is 5.90. The second-order valence-electron chi connectivity index (χ2n) is 5.90. The Morgan fingerprint density at radius 2 is 1.81 bits per heavy atom. The molecular weight excluding hydrogens is 264 g/mol. The predicted octanol–water partition coefficient (Wildman–Crippen LogP) is 3.53. The fraction of sp³-hybridized carbons (Fsp3) is 0.333. The molecule has 1 unspecified atom stereocenters. The molecule has 1 aliphatic rings. The van der Waals surface area contributed by atoms with Gasteiger partial charge in [-0.25, -0.2) is 0 Å². The monoisotopic (exact) mass is 284 g/mol. The maximum Gasteiger partial charge on any atom is 0.124 e. The van der Waals surface area contributed by atoms with Crippen LogP contribution in [-0.4, -0.2) is 15.3 Å². The molecule has 0 aliphatic heterocycles. The van der Waals surface area contributed by atoms with Crippen molar-refractivity contribution in [3.8, 4) is 22.6 Å². The van der Waals surface area contributed by atoms with Crippen LogP contribution < -0.4 is 0 Å². The Morgan fingerprint density at radius 1 is 1.10 bits per heavy atom. The van der Waals surface area contributed by atoms with Crippen molar-refractivity contribution in [2.45, 2.75) is 39.7 Å². The summed E-state index contributed by atoms with van der Waals surface area (Å²) in [6, 6.07) is 5.57. The number of hydrogen-bond acceptors (Lipinski definition) is 3. The lowest BCUT2D eigenvalue weighted by Gasteiger charge is -2.27. The van der Waals surface area contributed by atoms with Crippen LogP contribution in [0.2, 0.25) is 0 Å². The first kappa shape index (κ1) is 14.0. The lowest BCUT2D eigenvalue weighted by molar-refractivity contribution is 0.195. The Bertz CT molecular complexity index is 730. The van der Waals surface area contributed by atoms with Crippen LogP contribution in [0.25, 0.3) is 11.1 Å². The number of hydrogen-bond donors (Lipinski definition) is 3.